The van der Waals surface area contributed by atoms with Crippen molar-refractivity contribution in [3.63, 3.8) is 0 Å². The molecule has 2 aromatic rings. The molecule has 3 fully saturated rings. The molecule has 3 heterocycles. The first-order chi connectivity index (χ1) is 20.4. The largest absolute Gasteiger partial charge is 0.396 e. The second-order valence-corrected chi connectivity index (χ2v) is 11.7. The fourth-order valence-corrected chi connectivity index (χ4v) is 7.10. The van der Waals surface area contributed by atoms with Crippen LogP contribution in [0.25, 0.3) is 0 Å². The van der Waals surface area contributed by atoms with Crippen LogP contribution in [0.5, 0.6) is 0 Å². The van der Waals surface area contributed by atoms with Gasteiger partial charge in [-0.2, -0.15) is 0 Å². The van der Waals surface area contributed by atoms with Crippen molar-refractivity contribution < 1.29 is 24.2 Å². The lowest BCUT2D eigenvalue weighted by molar-refractivity contribution is -0.145. The van der Waals surface area contributed by atoms with Gasteiger partial charge in [-0.05, 0) is 55.5 Å². The number of amides is 3. The number of fused-ring (bicyclic) bond motifs is 1. The average molecular weight is 592 g/mol. The minimum Gasteiger partial charge on any atom is -0.396 e. The third-order valence-corrected chi connectivity index (χ3v) is 8.97. The number of hydrogen-bond acceptors (Lipinski definition) is 5. The van der Waals surface area contributed by atoms with Gasteiger partial charge in [0.15, 0.2) is 0 Å². The summed E-state index contributed by atoms with van der Waals surface area (Å²) < 4.78 is 6.64. The summed E-state index contributed by atoms with van der Waals surface area (Å²) in [4.78, 5) is 47.9. The van der Waals surface area contributed by atoms with Crippen LogP contribution in [0.3, 0.4) is 0 Å². The van der Waals surface area contributed by atoms with E-state index in [1.165, 1.54) is 0 Å². The van der Waals surface area contributed by atoms with E-state index < -0.39 is 29.6 Å². The Kier molecular flexibility index (Phi) is 9.16. The first-order valence-corrected chi connectivity index (χ1v) is 14.9. The lowest BCUT2D eigenvalue weighted by atomic mass is 9.70. The van der Waals surface area contributed by atoms with Crippen LogP contribution in [0.15, 0.2) is 79.9 Å². The van der Waals surface area contributed by atoms with Crippen molar-refractivity contribution in [2.45, 2.75) is 50.0 Å². The van der Waals surface area contributed by atoms with Gasteiger partial charge >= 0.3 is 0 Å². The van der Waals surface area contributed by atoms with E-state index in [2.05, 4.69) is 13.2 Å². The zero-order chi connectivity index (χ0) is 29.9. The van der Waals surface area contributed by atoms with Crippen LogP contribution >= 0.6 is 11.6 Å². The van der Waals surface area contributed by atoms with E-state index >= 15 is 0 Å². The number of unbranched alkanes of at least 4 members (excludes halogenated alkanes) is 1. The van der Waals surface area contributed by atoms with Crippen LogP contribution in [0.4, 0.5) is 5.69 Å². The van der Waals surface area contributed by atoms with Crippen LogP contribution in [0, 0.1) is 11.8 Å². The Morgan fingerprint density at radius 1 is 1.05 bits per heavy atom. The number of rotatable bonds is 13. The number of benzene rings is 2. The van der Waals surface area contributed by atoms with Crippen molar-refractivity contribution in [3.05, 3.63) is 90.5 Å². The van der Waals surface area contributed by atoms with Crippen molar-refractivity contribution in [2.24, 2.45) is 11.8 Å². The molecule has 1 spiro atoms. The zero-order valence-corrected chi connectivity index (χ0v) is 24.5. The Balaban J connectivity index is 1.51. The topological polar surface area (TPSA) is 90.4 Å². The van der Waals surface area contributed by atoms with Gasteiger partial charge < -0.3 is 24.5 Å². The number of hydrogen-bond donors (Lipinski definition) is 1. The second-order valence-electron chi connectivity index (χ2n) is 11.2. The Hall–Kier alpha value is -3.46. The van der Waals surface area contributed by atoms with Gasteiger partial charge in [-0.15, -0.1) is 13.2 Å². The molecule has 2 aromatic carbocycles. The molecule has 42 heavy (non-hydrogen) atoms. The Morgan fingerprint density at radius 3 is 2.43 bits per heavy atom. The Morgan fingerprint density at radius 2 is 1.76 bits per heavy atom. The molecular weight excluding hydrogens is 554 g/mol. The SMILES string of the molecule is C=CCN(Cc1ccccc1)C(=O)[C@@H]1[C@@H]2CCC3(O2)C(C(=O)N(CC=C)c2ccc(Cl)cc2)N(CCCCO)C(=O)[C@H]13. The summed E-state index contributed by atoms with van der Waals surface area (Å²) in [6.07, 6.45) is 4.99. The Bertz CT molecular complexity index is 1320. The molecule has 5 rings (SSSR count). The third kappa shape index (κ3) is 5.39. The molecule has 3 saturated heterocycles. The van der Waals surface area contributed by atoms with Gasteiger partial charge in [0.2, 0.25) is 11.8 Å². The number of nitrogens with zero attached hydrogens (tertiary/aromatic N) is 3. The smallest absolute Gasteiger partial charge is 0.253 e. The van der Waals surface area contributed by atoms with Crippen LogP contribution in [0.1, 0.15) is 31.2 Å². The molecule has 9 heteroatoms. The standard InChI is InChI=1S/C33H38ClN3O5/c1-3-18-35(22-23-10-6-5-7-11-23)30(39)27-26-16-17-33(42-26)28(27)31(40)37(20-8-9-21-38)29(33)32(41)36(19-4-2)25-14-12-24(34)13-15-25/h3-7,10-15,26-29,38H,1-2,8-9,16-22H2/t26-,27+,28-,29?,33?/m0/s1. The van der Waals surface area contributed by atoms with Gasteiger partial charge in [-0.25, -0.2) is 0 Å². The van der Waals surface area contributed by atoms with Crippen molar-refractivity contribution in [2.75, 3.05) is 31.1 Å². The molecule has 222 valence electrons. The van der Waals surface area contributed by atoms with Gasteiger partial charge in [0.1, 0.15) is 11.6 Å². The minimum atomic E-state index is -1.11. The number of aliphatic hydroxyl groups is 1. The summed E-state index contributed by atoms with van der Waals surface area (Å²) in [5, 5.41) is 9.98. The molecule has 3 amide bonds. The fraction of sp³-hybridized carbons (Fsp3) is 0.424. The van der Waals surface area contributed by atoms with E-state index in [0.717, 1.165) is 5.56 Å². The summed E-state index contributed by atoms with van der Waals surface area (Å²) in [7, 11) is 0. The first-order valence-electron chi connectivity index (χ1n) is 14.6. The number of aliphatic hydroxyl groups excluding tert-OH is 1. The zero-order valence-electron chi connectivity index (χ0n) is 23.7. The average Bonchev–Trinajstić information content (AvgIpc) is 3.64. The van der Waals surface area contributed by atoms with E-state index in [9.17, 15) is 19.5 Å². The summed E-state index contributed by atoms with van der Waals surface area (Å²) in [5.74, 6) is -2.15. The quantitative estimate of drug-likeness (QED) is 0.278. The van der Waals surface area contributed by atoms with Gasteiger partial charge in [0.25, 0.3) is 5.91 Å². The van der Waals surface area contributed by atoms with Crippen molar-refractivity contribution in [1.82, 2.24) is 9.80 Å². The molecule has 8 nitrogen and oxygen atoms in total. The number of likely N-dealkylation sites (tertiary alicyclic amines) is 1. The minimum absolute atomic E-state index is 0.0156. The summed E-state index contributed by atoms with van der Waals surface area (Å²) in [6.45, 7) is 8.91. The molecule has 3 aliphatic heterocycles. The molecule has 2 unspecified atom stereocenters. The normalized spacial score (nSPS) is 25.8. The van der Waals surface area contributed by atoms with Crippen molar-refractivity contribution >= 4 is 35.0 Å². The van der Waals surface area contributed by atoms with Gasteiger partial charge in [0.05, 0.1) is 17.9 Å². The highest BCUT2D eigenvalue weighted by Gasteiger charge is 2.74. The van der Waals surface area contributed by atoms with Crippen molar-refractivity contribution in [3.8, 4) is 0 Å². The highest BCUT2D eigenvalue weighted by molar-refractivity contribution is 6.30. The monoisotopic (exact) mass is 591 g/mol. The maximum atomic E-state index is 14.5. The van der Waals surface area contributed by atoms with Crippen molar-refractivity contribution in [1.29, 1.82) is 0 Å². The maximum Gasteiger partial charge on any atom is 0.253 e. The lowest BCUT2D eigenvalue weighted by Gasteiger charge is -2.37. The number of carbonyl (C=O) groups is 3. The molecule has 2 bridgehead atoms. The van der Waals surface area contributed by atoms with Gasteiger partial charge in [0, 0.05) is 43.5 Å². The van der Waals surface area contributed by atoms with E-state index in [1.54, 1.807) is 51.1 Å². The summed E-state index contributed by atoms with van der Waals surface area (Å²) in [5.41, 5.74) is 0.495. The third-order valence-electron chi connectivity index (χ3n) is 8.72. The first kappa shape index (κ1) is 30.0. The second kappa shape index (κ2) is 12.8. The number of anilines is 1. The maximum absolute atomic E-state index is 14.5. The summed E-state index contributed by atoms with van der Waals surface area (Å²) >= 11 is 6.12. The molecule has 0 aromatic heterocycles. The molecule has 0 aliphatic carbocycles. The molecule has 3 aliphatic rings. The number of halogens is 1. The van der Waals surface area contributed by atoms with E-state index in [0.29, 0.717) is 49.5 Å². The number of ether oxygens (including phenoxy) is 1. The lowest BCUT2D eigenvalue weighted by Crippen LogP contribution is -2.56. The molecule has 0 saturated carbocycles. The predicted molar refractivity (Wildman–Crippen MR) is 162 cm³/mol. The Labute approximate surface area is 252 Å². The predicted octanol–water partition coefficient (Wildman–Crippen LogP) is 4.22. The van der Waals surface area contributed by atoms with Crippen LogP contribution in [-0.4, -0.2) is 76.6 Å². The number of carbonyl (C=O) groups excluding carboxylic acids is 3. The summed E-state index contributed by atoms with van der Waals surface area (Å²) in [6, 6.07) is 15.8. The van der Waals surface area contributed by atoms with Gasteiger partial charge in [-0.1, -0.05) is 54.1 Å². The van der Waals surface area contributed by atoms with Crippen LogP contribution in [0.2, 0.25) is 5.02 Å². The van der Waals surface area contributed by atoms with Crippen LogP contribution < -0.4 is 4.90 Å². The van der Waals surface area contributed by atoms with Crippen LogP contribution in [-0.2, 0) is 25.7 Å². The molecule has 0 radical (unpaired) electrons. The highest BCUT2D eigenvalue weighted by atomic mass is 35.5. The van der Waals surface area contributed by atoms with E-state index in [4.69, 9.17) is 16.3 Å². The highest BCUT2D eigenvalue weighted by Crippen LogP contribution is 2.59. The molecule has 5 atom stereocenters. The van der Waals surface area contributed by atoms with Gasteiger partial charge in [-0.3, -0.25) is 14.4 Å². The van der Waals surface area contributed by atoms with E-state index in [1.807, 2.05) is 30.3 Å². The molecular formula is C33H38ClN3O5. The van der Waals surface area contributed by atoms with E-state index in [-0.39, 0.29) is 37.4 Å². The molecule has 1 N–H and O–H groups in total. The fourth-order valence-electron chi connectivity index (χ4n) is 6.97.